The number of aromatic nitrogens is 4. The maximum Gasteiger partial charge on any atom is 0.305 e. The second-order valence-electron chi connectivity index (χ2n) is 4.98. The molecule has 8 heteroatoms. The van der Waals surface area contributed by atoms with Gasteiger partial charge in [0.05, 0.1) is 18.0 Å². The smallest absolute Gasteiger partial charge is 0.305 e. The van der Waals surface area contributed by atoms with E-state index in [0.717, 1.165) is 0 Å². The molecule has 0 aliphatic heterocycles. The van der Waals surface area contributed by atoms with Crippen LogP contribution in [0.2, 0.25) is 0 Å². The Hall–Kier alpha value is -1.83. The monoisotopic (exact) mass is 356 g/mol. The highest BCUT2D eigenvalue weighted by Crippen LogP contribution is 2.29. The highest BCUT2D eigenvalue weighted by molar-refractivity contribution is 9.10. The van der Waals surface area contributed by atoms with Crippen LogP contribution in [0.25, 0.3) is 11.4 Å². The van der Waals surface area contributed by atoms with Gasteiger partial charge in [-0.1, -0.05) is 29.8 Å². The standard InChI is InChI=1S/C13H14BrFN4O2/c1-7(2)11(6-12(20)21)19-13(16-17-18-19)9-5-8(14)3-4-10(9)15/h3-5,7,11H,6H2,1-2H3,(H,20,21). The summed E-state index contributed by atoms with van der Waals surface area (Å²) in [5.74, 6) is -1.22. The van der Waals surface area contributed by atoms with Crippen molar-refractivity contribution in [2.75, 3.05) is 0 Å². The number of carbonyl (C=O) groups is 1. The molecule has 0 radical (unpaired) electrons. The predicted octanol–water partition coefficient (Wildman–Crippen LogP) is 2.91. The molecule has 0 amide bonds. The van der Waals surface area contributed by atoms with E-state index in [4.69, 9.17) is 5.11 Å². The van der Waals surface area contributed by atoms with Gasteiger partial charge in [0.15, 0.2) is 5.82 Å². The number of hydrogen-bond donors (Lipinski definition) is 1. The fraction of sp³-hybridized carbons (Fsp3) is 0.385. The lowest BCUT2D eigenvalue weighted by Crippen LogP contribution is -2.21. The van der Waals surface area contributed by atoms with Gasteiger partial charge in [0.25, 0.3) is 0 Å². The van der Waals surface area contributed by atoms with E-state index in [1.54, 1.807) is 12.1 Å². The van der Waals surface area contributed by atoms with Crippen molar-refractivity contribution in [2.24, 2.45) is 5.92 Å². The van der Waals surface area contributed by atoms with Gasteiger partial charge in [-0.05, 0) is 34.5 Å². The Morgan fingerprint density at radius 3 is 2.81 bits per heavy atom. The van der Waals surface area contributed by atoms with Crippen molar-refractivity contribution in [3.63, 3.8) is 0 Å². The molecular formula is C13H14BrFN4O2. The molecule has 1 unspecified atom stereocenters. The molecule has 0 aliphatic carbocycles. The van der Waals surface area contributed by atoms with Crippen LogP contribution in [0.3, 0.4) is 0 Å². The molecule has 21 heavy (non-hydrogen) atoms. The number of hydrogen-bond acceptors (Lipinski definition) is 4. The molecule has 112 valence electrons. The van der Waals surface area contributed by atoms with E-state index in [2.05, 4.69) is 31.5 Å². The first-order chi connectivity index (χ1) is 9.90. The van der Waals surface area contributed by atoms with Crippen LogP contribution in [0.4, 0.5) is 4.39 Å². The largest absolute Gasteiger partial charge is 0.481 e. The van der Waals surface area contributed by atoms with Crippen LogP contribution in [0.5, 0.6) is 0 Å². The molecule has 0 bridgehead atoms. The van der Waals surface area contributed by atoms with Gasteiger partial charge in [-0.2, -0.15) is 0 Å². The molecule has 0 spiro atoms. The Kier molecular flexibility index (Phi) is 4.66. The quantitative estimate of drug-likeness (QED) is 0.890. The van der Waals surface area contributed by atoms with Gasteiger partial charge in [-0.15, -0.1) is 5.10 Å². The number of carboxylic acids is 1. The van der Waals surface area contributed by atoms with Crippen LogP contribution in [-0.2, 0) is 4.79 Å². The Bertz CT molecular complexity index is 659. The van der Waals surface area contributed by atoms with E-state index in [1.165, 1.54) is 10.7 Å². The van der Waals surface area contributed by atoms with Crippen molar-refractivity contribution < 1.29 is 14.3 Å². The Balaban J connectivity index is 2.50. The first kappa shape index (κ1) is 15.6. The summed E-state index contributed by atoms with van der Waals surface area (Å²) in [7, 11) is 0. The molecule has 1 N–H and O–H groups in total. The average Bonchev–Trinajstić information content (AvgIpc) is 2.87. The SMILES string of the molecule is CC(C)C(CC(=O)O)n1nnnc1-c1cc(Br)ccc1F. The second-order valence-corrected chi connectivity index (χ2v) is 5.90. The third kappa shape index (κ3) is 3.44. The lowest BCUT2D eigenvalue weighted by atomic mass is 10.0. The fourth-order valence-electron chi connectivity index (χ4n) is 2.05. The molecule has 1 aromatic carbocycles. The van der Waals surface area contributed by atoms with Gasteiger partial charge in [0, 0.05) is 4.47 Å². The molecule has 0 aliphatic rings. The van der Waals surface area contributed by atoms with Crippen LogP contribution in [-0.4, -0.2) is 31.3 Å². The number of benzene rings is 1. The molecule has 2 aromatic rings. The zero-order chi connectivity index (χ0) is 15.6. The van der Waals surface area contributed by atoms with Crippen molar-refractivity contribution in [1.82, 2.24) is 20.2 Å². The number of carboxylic acid groups (broad SMARTS) is 1. The molecular weight excluding hydrogens is 343 g/mol. The van der Waals surface area contributed by atoms with Gasteiger partial charge in [0.2, 0.25) is 0 Å². The van der Waals surface area contributed by atoms with Crippen molar-refractivity contribution in [3.05, 3.63) is 28.5 Å². The molecule has 0 fully saturated rings. The van der Waals surface area contributed by atoms with Crippen molar-refractivity contribution in [1.29, 1.82) is 0 Å². The first-order valence-electron chi connectivity index (χ1n) is 6.35. The summed E-state index contributed by atoms with van der Waals surface area (Å²) in [5, 5.41) is 20.3. The minimum Gasteiger partial charge on any atom is -0.481 e. The third-order valence-corrected chi connectivity index (χ3v) is 3.62. The Morgan fingerprint density at radius 1 is 1.48 bits per heavy atom. The molecule has 1 atom stereocenters. The predicted molar refractivity (Wildman–Crippen MR) is 77.0 cm³/mol. The molecule has 1 heterocycles. The summed E-state index contributed by atoms with van der Waals surface area (Å²) in [6.45, 7) is 3.74. The summed E-state index contributed by atoms with van der Waals surface area (Å²) in [5.41, 5.74) is 0.227. The average molecular weight is 357 g/mol. The summed E-state index contributed by atoms with van der Waals surface area (Å²) < 4.78 is 16.1. The fourth-order valence-corrected chi connectivity index (χ4v) is 2.41. The molecule has 0 saturated heterocycles. The van der Waals surface area contributed by atoms with E-state index in [1.807, 2.05) is 13.8 Å². The van der Waals surface area contributed by atoms with E-state index in [0.29, 0.717) is 4.47 Å². The van der Waals surface area contributed by atoms with Gasteiger partial charge in [-0.25, -0.2) is 9.07 Å². The van der Waals surface area contributed by atoms with E-state index in [-0.39, 0.29) is 23.7 Å². The van der Waals surface area contributed by atoms with Crippen molar-refractivity contribution in [3.8, 4) is 11.4 Å². The van der Waals surface area contributed by atoms with E-state index >= 15 is 0 Å². The maximum absolute atomic E-state index is 14.0. The zero-order valence-electron chi connectivity index (χ0n) is 11.5. The summed E-state index contributed by atoms with van der Waals surface area (Å²) in [6.07, 6.45) is -0.134. The normalized spacial score (nSPS) is 12.6. The summed E-state index contributed by atoms with van der Waals surface area (Å²) in [6, 6.07) is 3.99. The summed E-state index contributed by atoms with van der Waals surface area (Å²) >= 11 is 3.27. The lowest BCUT2D eigenvalue weighted by molar-refractivity contribution is -0.138. The lowest BCUT2D eigenvalue weighted by Gasteiger charge is -2.20. The van der Waals surface area contributed by atoms with Crippen LogP contribution in [0, 0.1) is 11.7 Å². The number of rotatable bonds is 5. The van der Waals surface area contributed by atoms with E-state index < -0.39 is 17.8 Å². The Labute approximate surface area is 129 Å². The number of nitrogens with zero attached hydrogens (tertiary/aromatic N) is 4. The van der Waals surface area contributed by atoms with E-state index in [9.17, 15) is 9.18 Å². The topological polar surface area (TPSA) is 80.9 Å². The molecule has 2 rings (SSSR count). The number of aliphatic carboxylic acids is 1. The molecule has 0 saturated carbocycles. The van der Waals surface area contributed by atoms with Crippen LogP contribution in [0.1, 0.15) is 26.3 Å². The first-order valence-corrected chi connectivity index (χ1v) is 7.14. The zero-order valence-corrected chi connectivity index (χ0v) is 13.1. The van der Waals surface area contributed by atoms with Crippen LogP contribution < -0.4 is 0 Å². The Morgan fingerprint density at radius 2 is 2.19 bits per heavy atom. The van der Waals surface area contributed by atoms with Crippen LogP contribution in [0.15, 0.2) is 22.7 Å². The van der Waals surface area contributed by atoms with Gasteiger partial charge < -0.3 is 5.11 Å². The van der Waals surface area contributed by atoms with Crippen LogP contribution >= 0.6 is 15.9 Å². The number of tetrazole rings is 1. The highest BCUT2D eigenvalue weighted by atomic mass is 79.9. The second kappa shape index (κ2) is 6.30. The number of halogens is 2. The molecule has 6 nitrogen and oxygen atoms in total. The van der Waals surface area contributed by atoms with Gasteiger partial charge in [-0.3, -0.25) is 4.79 Å². The molecule has 1 aromatic heterocycles. The van der Waals surface area contributed by atoms with Gasteiger partial charge in [0.1, 0.15) is 5.82 Å². The third-order valence-electron chi connectivity index (χ3n) is 3.13. The van der Waals surface area contributed by atoms with Gasteiger partial charge >= 0.3 is 5.97 Å². The maximum atomic E-state index is 14.0. The summed E-state index contributed by atoms with van der Waals surface area (Å²) in [4.78, 5) is 11.0. The highest BCUT2D eigenvalue weighted by Gasteiger charge is 2.25. The minimum atomic E-state index is -0.954. The minimum absolute atomic E-state index is 0.0152. The van der Waals surface area contributed by atoms with Crippen molar-refractivity contribution >= 4 is 21.9 Å². The van der Waals surface area contributed by atoms with Crippen molar-refractivity contribution in [2.45, 2.75) is 26.3 Å².